The summed E-state index contributed by atoms with van der Waals surface area (Å²) in [6.45, 7) is 3.98. The van der Waals surface area contributed by atoms with Crippen LogP contribution in [0, 0.1) is 5.82 Å². The third-order valence-corrected chi connectivity index (χ3v) is 4.25. The summed E-state index contributed by atoms with van der Waals surface area (Å²) in [5, 5.41) is 3.28. The second-order valence-corrected chi connectivity index (χ2v) is 5.98. The van der Waals surface area contributed by atoms with Crippen molar-refractivity contribution < 1.29 is 4.39 Å². The van der Waals surface area contributed by atoms with Gasteiger partial charge in [-0.05, 0) is 49.7 Å². The van der Waals surface area contributed by atoms with Crippen molar-refractivity contribution in [1.82, 2.24) is 4.90 Å². The molecule has 1 heterocycles. The third-order valence-electron chi connectivity index (χ3n) is 4.25. The standard InChI is InChI=1S/C19H23FN2/c20-19-7-3-2-6-17(19)14-21-18-10-8-16(9-11-18)15-22-12-4-1-5-13-22/h2-3,6-11,21H,1,4-5,12-15H2. The zero-order chi connectivity index (χ0) is 15.2. The van der Waals surface area contributed by atoms with Crippen LogP contribution in [-0.2, 0) is 13.1 Å². The maximum atomic E-state index is 13.6. The minimum Gasteiger partial charge on any atom is -0.381 e. The number of hydrogen-bond donors (Lipinski definition) is 1. The van der Waals surface area contributed by atoms with Gasteiger partial charge in [-0.2, -0.15) is 0 Å². The van der Waals surface area contributed by atoms with Crippen molar-refractivity contribution in [3.05, 3.63) is 65.5 Å². The number of hydrogen-bond acceptors (Lipinski definition) is 2. The Bertz CT molecular complexity index is 589. The van der Waals surface area contributed by atoms with Gasteiger partial charge in [-0.3, -0.25) is 4.90 Å². The van der Waals surface area contributed by atoms with E-state index in [9.17, 15) is 4.39 Å². The van der Waals surface area contributed by atoms with Crippen LogP contribution in [0.3, 0.4) is 0 Å². The molecule has 0 aromatic heterocycles. The molecule has 0 aliphatic carbocycles. The second kappa shape index (κ2) is 7.41. The summed E-state index contributed by atoms with van der Waals surface area (Å²) in [6.07, 6.45) is 4.01. The molecule has 0 amide bonds. The zero-order valence-electron chi connectivity index (χ0n) is 12.9. The van der Waals surface area contributed by atoms with Crippen LogP contribution >= 0.6 is 0 Å². The maximum Gasteiger partial charge on any atom is 0.128 e. The molecule has 0 saturated carbocycles. The smallest absolute Gasteiger partial charge is 0.128 e. The van der Waals surface area contributed by atoms with E-state index in [2.05, 4.69) is 34.5 Å². The Morgan fingerprint density at radius 2 is 1.64 bits per heavy atom. The minimum absolute atomic E-state index is 0.156. The molecule has 0 unspecified atom stereocenters. The largest absolute Gasteiger partial charge is 0.381 e. The lowest BCUT2D eigenvalue weighted by atomic mass is 10.1. The van der Waals surface area contributed by atoms with Gasteiger partial charge in [-0.25, -0.2) is 4.39 Å². The van der Waals surface area contributed by atoms with E-state index < -0.39 is 0 Å². The lowest BCUT2D eigenvalue weighted by Crippen LogP contribution is -2.29. The molecular weight excluding hydrogens is 275 g/mol. The van der Waals surface area contributed by atoms with Crippen molar-refractivity contribution in [2.45, 2.75) is 32.4 Å². The van der Waals surface area contributed by atoms with Crippen LogP contribution in [0.25, 0.3) is 0 Å². The van der Waals surface area contributed by atoms with Crippen molar-refractivity contribution in [2.75, 3.05) is 18.4 Å². The van der Waals surface area contributed by atoms with E-state index in [1.54, 1.807) is 6.07 Å². The van der Waals surface area contributed by atoms with Gasteiger partial charge in [0.1, 0.15) is 5.82 Å². The Labute approximate surface area is 132 Å². The van der Waals surface area contributed by atoms with Gasteiger partial charge in [0, 0.05) is 24.3 Å². The molecule has 3 heteroatoms. The molecule has 0 atom stereocenters. The molecule has 3 rings (SSSR count). The van der Waals surface area contributed by atoms with Crippen molar-refractivity contribution in [3.63, 3.8) is 0 Å². The first-order chi connectivity index (χ1) is 10.8. The van der Waals surface area contributed by atoms with Crippen LogP contribution in [0.15, 0.2) is 48.5 Å². The van der Waals surface area contributed by atoms with E-state index in [1.807, 2.05) is 12.1 Å². The molecule has 1 fully saturated rings. The first kappa shape index (κ1) is 15.0. The zero-order valence-corrected chi connectivity index (χ0v) is 12.9. The van der Waals surface area contributed by atoms with Crippen LogP contribution in [0.5, 0.6) is 0 Å². The van der Waals surface area contributed by atoms with Gasteiger partial charge in [0.15, 0.2) is 0 Å². The molecule has 0 radical (unpaired) electrons. The van der Waals surface area contributed by atoms with Gasteiger partial charge >= 0.3 is 0 Å². The normalized spacial score (nSPS) is 15.7. The predicted octanol–water partition coefficient (Wildman–Crippen LogP) is 4.42. The molecule has 116 valence electrons. The quantitative estimate of drug-likeness (QED) is 0.879. The lowest BCUT2D eigenvalue weighted by Gasteiger charge is -2.26. The molecule has 1 aliphatic heterocycles. The second-order valence-electron chi connectivity index (χ2n) is 5.98. The van der Waals surface area contributed by atoms with E-state index in [4.69, 9.17) is 0 Å². The average Bonchev–Trinajstić information content (AvgIpc) is 2.56. The first-order valence-corrected chi connectivity index (χ1v) is 8.10. The highest BCUT2D eigenvalue weighted by atomic mass is 19.1. The number of anilines is 1. The first-order valence-electron chi connectivity index (χ1n) is 8.10. The molecule has 22 heavy (non-hydrogen) atoms. The molecular formula is C19H23FN2. The number of rotatable bonds is 5. The molecule has 0 bridgehead atoms. The number of nitrogens with one attached hydrogen (secondary N) is 1. The van der Waals surface area contributed by atoms with E-state index in [0.29, 0.717) is 12.1 Å². The van der Waals surface area contributed by atoms with E-state index in [1.165, 1.54) is 44.0 Å². The van der Waals surface area contributed by atoms with E-state index >= 15 is 0 Å². The molecule has 2 aromatic rings. The topological polar surface area (TPSA) is 15.3 Å². The Morgan fingerprint density at radius 1 is 0.909 bits per heavy atom. The monoisotopic (exact) mass is 298 g/mol. The summed E-state index contributed by atoms with van der Waals surface area (Å²) in [5.41, 5.74) is 3.07. The number of piperidine rings is 1. The minimum atomic E-state index is -0.156. The van der Waals surface area contributed by atoms with Gasteiger partial charge in [0.25, 0.3) is 0 Å². The highest BCUT2D eigenvalue weighted by molar-refractivity contribution is 5.45. The Kier molecular flexibility index (Phi) is 5.07. The Balaban J connectivity index is 1.54. The summed E-state index contributed by atoms with van der Waals surface area (Å²) in [7, 11) is 0. The average molecular weight is 298 g/mol. The fraction of sp³-hybridized carbons (Fsp3) is 0.368. The Hall–Kier alpha value is -1.87. The summed E-state index contributed by atoms with van der Waals surface area (Å²) in [4.78, 5) is 2.52. The van der Waals surface area contributed by atoms with E-state index in [0.717, 1.165) is 12.2 Å². The summed E-state index contributed by atoms with van der Waals surface area (Å²) >= 11 is 0. The maximum absolute atomic E-state index is 13.6. The molecule has 1 N–H and O–H groups in total. The van der Waals surface area contributed by atoms with Crippen molar-refractivity contribution in [3.8, 4) is 0 Å². The van der Waals surface area contributed by atoms with E-state index in [-0.39, 0.29) is 5.82 Å². The molecule has 2 aromatic carbocycles. The Morgan fingerprint density at radius 3 is 2.36 bits per heavy atom. The van der Waals surface area contributed by atoms with Crippen LogP contribution < -0.4 is 5.32 Å². The number of benzene rings is 2. The van der Waals surface area contributed by atoms with Crippen LogP contribution in [0.2, 0.25) is 0 Å². The molecule has 0 spiro atoms. The number of nitrogens with zero attached hydrogens (tertiary/aromatic N) is 1. The highest BCUT2D eigenvalue weighted by Crippen LogP contribution is 2.16. The number of likely N-dealkylation sites (tertiary alicyclic amines) is 1. The van der Waals surface area contributed by atoms with Gasteiger partial charge in [-0.1, -0.05) is 36.8 Å². The van der Waals surface area contributed by atoms with Crippen molar-refractivity contribution in [1.29, 1.82) is 0 Å². The van der Waals surface area contributed by atoms with Crippen LogP contribution in [0.4, 0.5) is 10.1 Å². The van der Waals surface area contributed by atoms with Gasteiger partial charge in [0.2, 0.25) is 0 Å². The molecule has 2 nitrogen and oxygen atoms in total. The van der Waals surface area contributed by atoms with Gasteiger partial charge in [-0.15, -0.1) is 0 Å². The van der Waals surface area contributed by atoms with Crippen LogP contribution in [-0.4, -0.2) is 18.0 Å². The highest BCUT2D eigenvalue weighted by Gasteiger charge is 2.10. The lowest BCUT2D eigenvalue weighted by molar-refractivity contribution is 0.221. The molecule has 1 saturated heterocycles. The van der Waals surface area contributed by atoms with Gasteiger partial charge < -0.3 is 5.32 Å². The molecule has 1 aliphatic rings. The van der Waals surface area contributed by atoms with Gasteiger partial charge in [0.05, 0.1) is 0 Å². The summed E-state index contributed by atoms with van der Waals surface area (Å²) < 4.78 is 13.6. The fourth-order valence-electron chi connectivity index (χ4n) is 2.94. The third kappa shape index (κ3) is 4.08. The number of halogens is 1. The van der Waals surface area contributed by atoms with Crippen molar-refractivity contribution in [2.24, 2.45) is 0 Å². The van der Waals surface area contributed by atoms with Crippen molar-refractivity contribution >= 4 is 5.69 Å². The fourth-order valence-corrected chi connectivity index (χ4v) is 2.94. The predicted molar refractivity (Wildman–Crippen MR) is 89.3 cm³/mol. The SMILES string of the molecule is Fc1ccccc1CNc1ccc(CN2CCCCC2)cc1. The summed E-state index contributed by atoms with van der Waals surface area (Å²) in [6, 6.07) is 15.4. The summed E-state index contributed by atoms with van der Waals surface area (Å²) in [5.74, 6) is -0.156. The van der Waals surface area contributed by atoms with Crippen LogP contribution in [0.1, 0.15) is 30.4 Å².